The van der Waals surface area contributed by atoms with Crippen LogP contribution >= 0.6 is 0 Å². The Morgan fingerprint density at radius 2 is 1.48 bits per heavy atom. The molecule has 1 fully saturated rings. The van der Waals surface area contributed by atoms with Crippen molar-refractivity contribution in [2.24, 2.45) is 0 Å². The van der Waals surface area contributed by atoms with Crippen LogP contribution in [0.5, 0.6) is 0 Å². The summed E-state index contributed by atoms with van der Waals surface area (Å²) in [5.41, 5.74) is 0.0149. The topological polar surface area (TPSA) is 23.6 Å². The van der Waals surface area contributed by atoms with E-state index in [0.29, 0.717) is 31.9 Å². The minimum Gasteiger partial charge on any atom is -0.368 e. The number of hydrogen-bond acceptors (Lipinski definition) is 2. The van der Waals surface area contributed by atoms with Crippen molar-refractivity contribution in [3.8, 4) is 0 Å². The highest BCUT2D eigenvalue weighted by Gasteiger charge is 2.30. The standard InChI is InChI=1S/C18H16F4N2O/c19-16-4-2-1-3-15(16)17(25)24-11-9-23(10-12-24)14-7-5-13(6-8-14)18(20,21)22/h1-8H,9-12H2. The number of halogens is 4. The Kier molecular flexibility index (Phi) is 4.65. The van der Waals surface area contributed by atoms with Crippen molar-refractivity contribution >= 4 is 11.6 Å². The van der Waals surface area contributed by atoms with Crippen LogP contribution in [0.25, 0.3) is 0 Å². The molecule has 0 radical (unpaired) electrons. The molecular formula is C18H16F4N2O. The third-order valence-electron chi connectivity index (χ3n) is 4.23. The van der Waals surface area contributed by atoms with Crippen LogP contribution in [0.4, 0.5) is 23.2 Å². The zero-order valence-corrected chi connectivity index (χ0v) is 13.3. The summed E-state index contributed by atoms with van der Waals surface area (Å²) < 4.78 is 51.5. The first kappa shape index (κ1) is 17.3. The van der Waals surface area contributed by atoms with E-state index >= 15 is 0 Å². The van der Waals surface area contributed by atoms with Crippen LogP contribution in [0.15, 0.2) is 48.5 Å². The second-order valence-corrected chi connectivity index (χ2v) is 5.80. The van der Waals surface area contributed by atoms with Gasteiger partial charge >= 0.3 is 6.18 Å². The second kappa shape index (κ2) is 6.74. The average molecular weight is 352 g/mol. The Morgan fingerprint density at radius 3 is 2.04 bits per heavy atom. The van der Waals surface area contributed by atoms with Gasteiger partial charge in [0, 0.05) is 31.9 Å². The van der Waals surface area contributed by atoms with Crippen LogP contribution in [-0.2, 0) is 6.18 Å². The van der Waals surface area contributed by atoms with Crippen molar-refractivity contribution in [1.29, 1.82) is 0 Å². The van der Waals surface area contributed by atoms with Gasteiger partial charge in [-0.15, -0.1) is 0 Å². The number of nitrogens with zero attached hydrogens (tertiary/aromatic N) is 2. The van der Waals surface area contributed by atoms with Crippen molar-refractivity contribution in [3.63, 3.8) is 0 Å². The highest BCUT2D eigenvalue weighted by atomic mass is 19.4. The maximum absolute atomic E-state index is 13.7. The van der Waals surface area contributed by atoms with Crippen LogP contribution in [0.3, 0.4) is 0 Å². The van der Waals surface area contributed by atoms with Gasteiger partial charge in [0.25, 0.3) is 5.91 Å². The summed E-state index contributed by atoms with van der Waals surface area (Å²) >= 11 is 0. The minimum absolute atomic E-state index is 0.0329. The molecule has 0 aliphatic carbocycles. The van der Waals surface area contributed by atoms with Gasteiger partial charge in [-0.2, -0.15) is 13.2 Å². The summed E-state index contributed by atoms with van der Waals surface area (Å²) in [4.78, 5) is 15.8. The van der Waals surface area contributed by atoms with Gasteiger partial charge in [0.1, 0.15) is 5.82 Å². The van der Waals surface area contributed by atoms with E-state index in [1.807, 2.05) is 4.90 Å². The normalized spacial score (nSPS) is 15.4. The zero-order valence-electron chi connectivity index (χ0n) is 13.3. The van der Waals surface area contributed by atoms with E-state index in [2.05, 4.69) is 0 Å². The molecule has 7 heteroatoms. The maximum Gasteiger partial charge on any atom is 0.416 e. The second-order valence-electron chi connectivity index (χ2n) is 5.80. The van der Waals surface area contributed by atoms with Gasteiger partial charge in [-0.25, -0.2) is 4.39 Å². The number of piperazine rings is 1. The maximum atomic E-state index is 13.7. The third kappa shape index (κ3) is 3.75. The van der Waals surface area contributed by atoms with Gasteiger partial charge in [-0.3, -0.25) is 4.79 Å². The van der Waals surface area contributed by atoms with Crippen LogP contribution in [0.1, 0.15) is 15.9 Å². The molecule has 3 rings (SSSR count). The first-order valence-corrected chi connectivity index (χ1v) is 7.82. The van der Waals surface area contributed by atoms with Crippen LogP contribution in [0.2, 0.25) is 0 Å². The molecule has 0 bridgehead atoms. The lowest BCUT2D eigenvalue weighted by Gasteiger charge is -2.36. The molecule has 0 N–H and O–H groups in total. The number of alkyl halides is 3. The lowest BCUT2D eigenvalue weighted by molar-refractivity contribution is -0.137. The first-order chi connectivity index (χ1) is 11.9. The molecule has 2 aromatic rings. The van der Waals surface area contributed by atoms with E-state index in [1.54, 1.807) is 11.0 Å². The number of carbonyl (C=O) groups is 1. The molecular weight excluding hydrogens is 336 g/mol. The molecule has 3 nitrogen and oxygen atoms in total. The Hall–Kier alpha value is -2.57. The molecule has 1 aliphatic rings. The summed E-state index contributed by atoms with van der Waals surface area (Å²) in [5, 5.41) is 0. The number of hydrogen-bond donors (Lipinski definition) is 0. The Balaban J connectivity index is 1.64. The largest absolute Gasteiger partial charge is 0.416 e. The van der Waals surface area contributed by atoms with Gasteiger partial charge in [0.15, 0.2) is 0 Å². The van der Waals surface area contributed by atoms with Crippen LogP contribution in [0, 0.1) is 5.82 Å². The van der Waals surface area contributed by atoms with Gasteiger partial charge in [-0.05, 0) is 36.4 Å². The van der Waals surface area contributed by atoms with E-state index in [0.717, 1.165) is 12.1 Å². The Morgan fingerprint density at radius 1 is 0.880 bits per heavy atom. The molecule has 0 spiro atoms. The Labute approximate surface area is 142 Å². The summed E-state index contributed by atoms with van der Waals surface area (Å²) in [7, 11) is 0. The molecule has 132 valence electrons. The van der Waals surface area contributed by atoms with Gasteiger partial charge < -0.3 is 9.80 Å². The third-order valence-corrected chi connectivity index (χ3v) is 4.23. The number of amides is 1. The van der Waals surface area contributed by atoms with E-state index < -0.39 is 17.6 Å². The molecule has 1 aliphatic heterocycles. The number of anilines is 1. The quantitative estimate of drug-likeness (QED) is 0.768. The van der Waals surface area contributed by atoms with Crippen molar-refractivity contribution < 1.29 is 22.4 Å². The molecule has 25 heavy (non-hydrogen) atoms. The van der Waals surface area contributed by atoms with Crippen molar-refractivity contribution in [2.45, 2.75) is 6.18 Å². The summed E-state index contributed by atoms with van der Waals surface area (Å²) in [5.74, 6) is -0.928. The smallest absolute Gasteiger partial charge is 0.368 e. The summed E-state index contributed by atoms with van der Waals surface area (Å²) in [6.45, 7) is 1.72. The number of carbonyl (C=O) groups excluding carboxylic acids is 1. The molecule has 0 aromatic heterocycles. The van der Waals surface area contributed by atoms with Crippen molar-refractivity contribution in [3.05, 3.63) is 65.5 Å². The molecule has 1 amide bonds. The molecule has 1 saturated heterocycles. The van der Waals surface area contributed by atoms with Crippen molar-refractivity contribution in [1.82, 2.24) is 4.90 Å². The van der Waals surface area contributed by atoms with E-state index in [4.69, 9.17) is 0 Å². The van der Waals surface area contributed by atoms with Crippen molar-refractivity contribution in [2.75, 3.05) is 31.1 Å². The molecule has 0 unspecified atom stereocenters. The lowest BCUT2D eigenvalue weighted by Crippen LogP contribution is -2.49. The number of rotatable bonds is 2. The lowest BCUT2D eigenvalue weighted by atomic mass is 10.1. The molecule has 0 saturated carbocycles. The van der Waals surface area contributed by atoms with E-state index in [-0.39, 0.29) is 11.5 Å². The molecule has 1 heterocycles. The highest BCUT2D eigenvalue weighted by molar-refractivity contribution is 5.94. The molecule has 2 aromatic carbocycles. The average Bonchev–Trinajstić information content (AvgIpc) is 2.61. The van der Waals surface area contributed by atoms with Crippen LogP contribution < -0.4 is 4.90 Å². The Bertz CT molecular complexity index is 750. The van der Waals surface area contributed by atoms with E-state index in [1.165, 1.54) is 30.3 Å². The fraction of sp³-hybridized carbons (Fsp3) is 0.278. The van der Waals surface area contributed by atoms with Gasteiger partial charge in [-0.1, -0.05) is 12.1 Å². The van der Waals surface area contributed by atoms with Gasteiger partial charge in [0.2, 0.25) is 0 Å². The SMILES string of the molecule is O=C(c1ccccc1F)N1CCN(c2ccc(C(F)(F)F)cc2)CC1. The zero-order chi connectivity index (χ0) is 18.0. The number of benzene rings is 2. The fourth-order valence-corrected chi connectivity index (χ4v) is 2.83. The predicted octanol–water partition coefficient (Wildman–Crippen LogP) is 3.81. The monoisotopic (exact) mass is 352 g/mol. The fourth-order valence-electron chi connectivity index (χ4n) is 2.83. The molecule has 0 atom stereocenters. The first-order valence-electron chi connectivity index (χ1n) is 7.82. The minimum atomic E-state index is -4.36. The van der Waals surface area contributed by atoms with Crippen LogP contribution in [-0.4, -0.2) is 37.0 Å². The highest BCUT2D eigenvalue weighted by Crippen LogP contribution is 2.30. The van der Waals surface area contributed by atoms with Gasteiger partial charge in [0.05, 0.1) is 11.1 Å². The summed E-state index contributed by atoms with van der Waals surface area (Å²) in [6, 6.07) is 10.8. The summed E-state index contributed by atoms with van der Waals surface area (Å²) in [6.07, 6.45) is -4.36. The van der Waals surface area contributed by atoms with E-state index in [9.17, 15) is 22.4 Å². The predicted molar refractivity (Wildman–Crippen MR) is 86.0 cm³/mol.